The summed E-state index contributed by atoms with van der Waals surface area (Å²) in [5.74, 6) is -0.379. The molecule has 2 rings (SSSR count). The number of ether oxygens (including phenoxy) is 1. The van der Waals surface area contributed by atoms with E-state index in [-0.39, 0.29) is 24.0 Å². The normalized spacial score (nSPS) is 10.4. The molecule has 1 aromatic heterocycles. The quantitative estimate of drug-likeness (QED) is 0.943. The third-order valence-corrected chi connectivity index (χ3v) is 3.46. The molecule has 0 radical (unpaired) electrons. The number of carbonyl (C=O) groups is 1. The molecular weight excluding hydrogens is 285 g/mol. The van der Waals surface area contributed by atoms with E-state index in [1.165, 1.54) is 19.2 Å². The van der Waals surface area contributed by atoms with Gasteiger partial charge in [-0.05, 0) is 44.0 Å². The summed E-state index contributed by atoms with van der Waals surface area (Å²) in [7, 11) is 1.39. The number of methoxy groups -OCH3 is 1. The molecule has 6 heteroatoms. The first kappa shape index (κ1) is 15.9. The zero-order chi connectivity index (χ0) is 16.3. The number of hydrogen-bond donors (Lipinski definition) is 1. The van der Waals surface area contributed by atoms with Crippen LogP contribution in [-0.2, 0) is 11.2 Å². The van der Waals surface area contributed by atoms with Gasteiger partial charge in [0.05, 0.1) is 13.5 Å². The summed E-state index contributed by atoms with van der Waals surface area (Å²) in [5, 5.41) is 2.63. The number of carbonyl (C=O) groups excluding carboxylic acids is 1. The molecule has 0 aliphatic heterocycles. The summed E-state index contributed by atoms with van der Waals surface area (Å²) < 4.78 is 18.4. The maximum atomic E-state index is 13.6. The molecule has 0 aliphatic carbocycles. The van der Waals surface area contributed by atoms with Gasteiger partial charge in [-0.15, -0.1) is 0 Å². The van der Waals surface area contributed by atoms with Crippen molar-refractivity contribution in [1.29, 1.82) is 0 Å². The number of nitrogens with one attached hydrogen (secondary N) is 1. The first-order chi connectivity index (χ1) is 10.4. The Bertz CT molecular complexity index is 694. The number of nitrogens with zero attached hydrogens (tertiary/aromatic N) is 2. The van der Waals surface area contributed by atoms with E-state index in [0.717, 1.165) is 17.0 Å². The highest BCUT2D eigenvalue weighted by molar-refractivity contribution is 5.90. The van der Waals surface area contributed by atoms with Crippen LogP contribution >= 0.6 is 0 Å². The van der Waals surface area contributed by atoms with Gasteiger partial charge in [0.25, 0.3) is 0 Å². The van der Waals surface area contributed by atoms with Gasteiger partial charge in [0, 0.05) is 11.4 Å². The lowest BCUT2D eigenvalue weighted by molar-refractivity contribution is -0.115. The fourth-order valence-electron chi connectivity index (χ4n) is 2.00. The van der Waals surface area contributed by atoms with Crippen molar-refractivity contribution in [2.45, 2.75) is 27.2 Å². The molecule has 116 valence electrons. The average Bonchev–Trinajstić information content (AvgIpc) is 2.44. The highest BCUT2D eigenvalue weighted by atomic mass is 19.1. The van der Waals surface area contributed by atoms with Crippen LogP contribution in [0.1, 0.15) is 22.5 Å². The van der Waals surface area contributed by atoms with E-state index >= 15 is 0 Å². The van der Waals surface area contributed by atoms with Crippen molar-refractivity contribution in [3.63, 3.8) is 0 Å². The Hall–Kier alpha value is -2.50. The lowest BCUT2D eigenvalue weighted by Crippen LogP contribution is -2.17. The topological polar surface area (TPSA) is 64.1 Å². The van der Waals surface area contributed by atoms with E-state index in [2.05, 4.69) is 15.3 Å². The predicted octanol–water partition coefficient (Wildman–Crippen LogP) is 2.73. The molecule has 22 heavy (non-hydrogen) atoms. The van der Waals surface area contributed by atoms with Crippen LogP contribution in [0.15, 0.2) is 18.2 Å². The standard InChI is InChI=1S/C16H18FN3O2/c1-9-10(2)18-16(19-11(9)3)20-15(21)8-12-5-6-14(22-4)13(17)7-12/h5-7H,8H2,1-4H3,(H,18,19,20,21). The van der Waals surface area contributed by atoms with Gasteiger partial charge in [0.15, 0.2) is 11.6 Å². The smallest absolute Gasteiger partial charge is 0.231 e. The Morgan fingerprint density at radius 1 is 1.23 bits per heavy atom. The molecule has 0 fully saturated rings. The number of halogens is 1. The SMILES string of the molecule is COc1ccc(CC(=O)Nc2nc(C)c(C)c(C)n2)cc1F. The molecule has 0 unspecified atom stereocenters. The number of aromatic nitrogens is 2. The maximum absolute atomic E-state index is 13.6. The number of rotatable bonds is 4. The second kappa shape index (κ2) is 6.51. The molecule has 0 aliphatic rings. The molecule has 1 aromatic carbocycles. The Kier molecular flexibility index (Phi) is 4.70. The highest BCUT2D eigenvalue weighted by Crippen LogP contribution is 2.18. The van der Waals surface area contributed by atoms with E-state index in [1.54, 1.807) is 6.07 Å². The maximum Gasteiger partial charge on any atom is 0.231 e. The van der Waals surface area contributed by atoms with Crippen LogP contribution in [0, 0.1) is 26.6 Å². The molecule has 0 saturated carbocycles. The van der Waals surface area contributed by atoms with Crippen LogP contribution in [0.3, 0.4) is 0 Å². The second-order valence-corrected chi connectivity index (χ2v) is 5.04. The van der Waals surface area contributed by atoms with E-state index in [4.69, 9.17) is 4.74 Å². The van der Waals surface area contributed by atoms with Crippen LogP contribution in [-0.4, -0.2) is 23.0 Å². The Balaban J connectivity index is 2.09. The predicted molar refractivity (Wildman–Crippen MR) is 81.5 cm³/mol. The largest absolute Gasteiger partial charge is 0.494 e. The van der Waals surface area contributed by atoms with Gasteiger partial charge in [0.2, 0.25) is 11.9 Å². The number of anilines is 1. The number of amides is 1. The molecule has 0 saturated heterocycles. The minimum atomic E-state index is -0.494. The van der Waals surface area contributed by atoms with E-state index < -0.39 is 5.82 Å². The summed E-state index contributed by atoms with van der Waals surface area (Å²) >= 11 is 0. The van der Waals surface area contributed by atoms with Crippen molar-refractivity contribution >= 4 is 11.9 Å². The first-order valence-corrected chi connectivity index (χ1v) is 6.85. The molecule has 0 atom stereocenters. The van der Waals surface area contributed by atoms with Crippen LogP contribution in [0.4, 0.5) is 10.3 Å². The summed E-state index contributed by atoms with van der Waals surface area (Å²) in [6.07, 6.45) is 0.0379. The molecule has 1 N–H and O–H groups in total. The Morgan fingerprint density at radius 2 is 1.86 bits per heavy atom. The number of hydrogen-bond acceptors (Lipinski definition) is 4. The van der Waals surface area contributed by atoms with Crippen molar-refractivity contribution < 1.29 is 13.9 Å². The van der Waals surface area contributed by atoms with Gasteiger partial charge in [-0.1, -0.05) is 6.07 Å². The van der Waals surface area contributed by atoms with Crippen molar-refractivity contribution in [1.82, 2.24) is 9.97 Å². The summed E-state index contributed by atoms with van der Waals surface area (Å²) in [6, 6.07) is 4.42. The molecule has 0 spiro atoms. The minimum absolute atomic E-state index is 0.0379. The van der Waals surface area contributed by atoms with Gasteiger partial charge in [-0.2, -0.15) is 0 Å². The van der Waals surface area contributed by atoms with Gasteiger partial charge in [0.1, 0.15) is 0 Å². The van der Waals surface area contributed by atoms with Crippen molar-refractivity contribution in [3.05, 3.63) is 46.5 Å². The molecular formula is C16H18FN3O2. The van der Waals surface area contributed by atoms with Crippen LogP contribution in [0.25, 0.3) is 0 Å². The summed E-state index contributed by atoms with van der Waals surface area (Å²) in [6.45, 7) is 5.65. The van der Waals surface area contributed by atoms with Crippen LogP contribution in [0.5, 0.6) is 5.75 Å². The van der Waals surface area contributed by atoms with Crippen molar-refractivity contribution in [2.75, 3.05) is 12.4 Å². The monoisotopic (exact) mass is 303 g/mol. The molecule has 5 nitrogen and oxygen atoms in total. The van der Waals surface area contributed by atoms with E-state index in [1.807, 2.05) is 20.8 Å². The van der Waals surface area contributed by atoms with Crippen LogP contribution in [0.2, 0.25) is 0 Å². The fourth-order valence-corrected chi connectivity index (χ4v) is 2.00. The first-order valence-electron chi connectivity index (χ1n) is 6.85. The Morgan fingerprint density at radius 3 is 2.41 bits per heavy atom. The number of aryl methyl sites for hydroxylation is 2. The lowest BCUT2D eigenvalue weighted by atomic mass is 10.1. The molecule has 0 bridgehead atoms. The average molecular weight is 303 g/mol. The summed E-state index contributed by atoms with van der Waals surface area (Å²) in [5.41, 5.74) is 3.18. The van der Waals surface area contributed by atoms with Gasteiger partial charge in [-0.3, -0.25) is 10.1 Å². The van der Waals surface area contributed by atoms with Gasteiger partial charge < -0.3 is 4.74 Å². The fraction of sp³-hybridized carbons (Fsp3) is 0.312. The molecule has 1 heterocycles. The Labute approximate surface area is 128 Å². The molecule has 2 aromatic rings. The van der Waals surface area contributed by atoms with Gasteiger partial charge in [-0.25, -0.2) is 14.4 Å². The van der Waals surface area contributed by atoms with E-state index in [0.29, 0.717) is 5.56 Å². The third-order valence-electron chi connectivity index (χ3n) is 3.46. The zero-order valence-electron chi connectivity index (χ0n) is 13.0. The lowest BCUT2D eigenvalue weighted by Gasteiger charge is -2.09. The third kappa shape index (κ3) is 3.58. The van der Waals surface area contributed by atoms with Crippen LogP contribution < -0.4 is 10.1 Å². The van der Waals surface area contributed by atoms with Gasteiger partial charge >= 0.3 is 0 Å². The zero-order valence-corrected chi connectivity index (χ0v) is 13.0. The van der Waals surface area contributed by atoms with Crippen molar-refractivity contribution in [3.8, 4) is 5.75 Å². The minimum Gasteiger partial charge on any atom is -0.494 e. The molecule has 1 amide bonds. The highest BCUT2D eigenvalue weighted by Gasteiger charge is 2.11. The van der Waals surface area contributed by atoms with Crippen molar-refractivity contribution in [2.24, 2.45) is 0 Å². The van der Waals surface area contributed by atoms with E-state index in [9.17, 15) is 9.18 Å². The number of benzene rings is 1. The summed E-state index contributed by atoms with van der Waals surface area (Å²) in [4.78, 5) is 20.5. The second-order valence-electron chi connectivity index (χ2n) is 5.04.